The predicted octanol–water partition coefficient (Wildman–Crippen LogP) is 2.65. The highest BCUT2D eigenvalue weighted by atomic mass is 35.5. The van der Waals surface area contributed by atoms with Gasteiger partial charge in [-0.1, -0.05) is 11.6 Å². The Morgan fingerprint density at radius 3 is 2.72 bits per heavy atom. The van der Waals surface area contributed by atoms with Crippen LogP contribution in [0.3, 0.4) is 0 Å². The Kier molecular flexibility index (Phi) is 5.21. The van der Waals surface area contributed by atoms with Crippen LogP contribution in [0.4, 0.5) is 13.2 Å². The van der Waals surface area contributed by atoms with Crippen molar-refractivity contribution in [3.05, 3.63) is 35.0 Å². The Hall–Kier alpha value is -1.77. The highest BCUT2D eigenvalue weighted by Gasteiger charge is 2.43. The SMILES string of the molecule is O=C(NCC(N1CCNCC1)C(F)(F)F)c1cc2cc(Cl)ccc2o1. The van der Waals surface area contributed by atoms with Gasteiger partial charge < -0.3 is 15.1 Å². The van der Waals surface area contributed by atoms with Crippen molar-refractivity contribution in [2.75, 3.05) is 32.7 Å². The maximum Gasteiger partial charge on any atom is 0.405 e. The second-order valence-corrected chi connectivity index (χ2v) is 6.28. The average molecular weight is 376 g/mol. The van der Waals surface area contributed by atoms with E-state index < -0.39 is 24.7 Å². The van der Waals surface area contributed by atoms with Gasteiger partial charge in [0.1, 0.15) is 11.6 Å². The summed E-state index contributed by atoms with van der Waals surface area (Å²) in [6.07, 6.45) is -4.42. The number of hydrogen-bond acceptors (Lipinski definition) is 4. The van der Waals surface area contributed by atoms with Gasteiger partial charge in [0.05, 0.1) is 0 Å². The van der Waals surface area contributed by atoms with Gasteiger partial charge in [0.2, 0.25) is 0 Å². The molecule has 0 saturated carbocycles. The zero-order chi connectivity index (χ0) is 18.0. The van der Waals surface area contributed by atoms with Crippen LogP contribution in [0.15, 0.2) is 28.7 Å². The summed E-state index contributed by atoms with van der Waals surface area (Å²) < 4.78 is 45.3. The van der Waals surface area contributed by atoms with Crippen molar-refractivity contribution in [2.45, 2.75) is 12.2 Å². The zero-order valence-electron chi connectivity index (χ0n) is 13.2. The van der Waals surface area contributed by atoms with Gasteiger partial charge >= 0.3 is 6.18 Å². The van der Waals surface area contributed by atoms with E-state index in [2.05, 4.69) is 10.6 Å². The fourth-order valence-corrected chi connectivity index (χ4v) is 3.03. The molecule has 9 heteroatoms. The summed E-state index contributed by atoms with van der Waals surface area (Å²) in [5, 5.41) is 6.44. The predicted molar refractivity (Wildman–Crippen MR) is 87.8 cm³/mol. The Balaban J connectivity index is 1.69. The lowest BCUT2D eigenvalue weighted by atomic mass is 10.2. The first-order valence-electron chi connectivity index (χ1n) is 7.83. The lowest BCUT2D eigenvalue weighted by Crippen LogP contribution is -2.57. The minimum atomic E-state index is -4.42. The molecular weight excluding hydrogens is 359 g/mol. The molecule has 1 aliphatic heterocycles. The van der Waals surface area contributed by atoms with E-state index in [1.165, 1.54) is 11.0 Å². The first kappa shape index (κ1) is 18.0. The number of rotatable bonds is 4. The quantitative estimate of drug-likeness (QED) is 0.862. The molecule has 1 atom stereocenters. The molecule has 1 aromatic carbocycles. The highest BCUT2D eigenvalue weighted by molar-refractivity contribution is 6.31. The molecule has 2 heterocycles. The van der Waals surface area contributed by atoms with Crippen LogP contribution >= 0.6 is 11.6 Å². The molecule has 1 aliphatic rings. The molecule has 1 amide bonds. The van der Waals surface area contributed by atoms with Crippen LogP contribution in [0.1, 0.15) is 10.6 Å². The van der Waals surface area contributed by atoms with Gasteiger partial charge in [0, 0.05) is 43.1 Å². The third kappa shape index (κ3) is 4.26. The van der Waals surface area contributed by atoms with Crippen LogP contribution in [-0.4, -0.2) is 55.7 Å². The van der Waals surface area contributed by atoms with Crippen molar-refractivity contribution in [1.29, 1.82) is 0 Å². The van der Waals surface area contributed by atoms with Gasteiger partial charge in [-0.3, -0.25) is 9.69 Å². The van der Waals surface area contributed by atoms with Crippen LogP contribution in [-0.2, 0) is 0 Å². The van der Waals surface area contributed by atoms with Crippen molar-refractivity contribution in [2.24, 2.45) is 0 Å². The molecule has 2 N–H and O–H groups in total. The van der Waals surface area contributed by atoms with E-state index in [1.54, 1.807) is 18.2 Å². The number of carbonyl (C=O) groups is 1. The van der Waals surface area contributed by atoms with Crippen LogP contribution in [0.5, 0.6) is 0 Å². The van der Waals surface area contributed by atoms with E-state index in [1.807, 2.05) is 0 Å². The van der Waals surface area contributed by atoms with Crippen molar-refractivity contribution in [3.8, 4) is 0 Å². The summed E-state index contributed by atoms with van der Waals surface area (Å²) in [6.45, 7) is 1.02. The minimum Gasteiger partial charge on any atom is -0.451 e. The molecule has 3 rings (SSSR count). The van der Waals surface area contributed by atoms with E-state index in [9.17, 15) is 18.0 Å². The van der Waals surface area contributed by atoms with Gasteiger partial charge in [-0.25, -0.2) is 0 Å². The second kappa shape index (κ2) is 7.23. The zero-order valence-corrected chi connectivity index (χ0v) is 14.0. The largest absolute Gasteiger partial charge is 0.451 e. The molecule has 1 fully saturated rings. The summed E-state index contributed by atoms with van der Waals surface area (Å²) in [7, 11) is 0. The van der Waals surface area contributed by atoms with Crippen LogP contribution in [0.2, 0.25) is 5.02 Å². The smallest absolute Gasteiger partial charge is 0.405 e. The molecule has 2 aromatic rings. The number of furan rings is 1. The number of benzene rings is 1. The van der Waals surface area contributed by atoms with Gasteiger partial charge in [0.25, 0.3) is 5.91 Å². The van der Waals surface area contributed by atoms with E-state index in [0.717, 1.165) is 0 Å². The van der Waals surface area contributed by atoms with E-state index in [-0.39, 0.29) is 18.8 Å². The number of alkyl halides is 3. The second-order valence-electron chi connectivity index (χ2n) is 5.85. The lowest BCUT2D eigenvalue weighted by molar-refractivity contribution is -0.183. The molecule has 25 heavy (non-hydrogen) atoms. The van der Waals surface area contributed by atoms with Crippen molar-refractivity contribution >= 4 is 28.5 Å². The summed E-state index contributed by atoms with van der Waals surface area (Å²) in [5.74, 6) is -0.727. The maximum atomic E-state index is 13.3. The number of nitrogens with one attached hydrogen (secondary N) is 2. The van der Waals surface area contributed by atoms with E-state index >= 15 is 0 Å². The third-order valence-electron chi connectivity index (χ3n) is 4.13. The van der Waals surface area contributed by atoms with Gasteiger partial charge in [-0.15, -0.1) is 0 Å². The minimum absolute atomic E-state index is 0.0431. The molecule has 0 spiro atoms. The summed E-state index contributed by atoms with van der Waals surface area (Å²) in [5.41, 5.74) is 0.448. The van der Waals surface area contributed by atoms with Gasteiger partial charge in [-0.05, 0) is 24.3 Å². The number of amides is 1. The summed E-state index contributed by atoms with van der Waals surface area (Å²) >= 11 is 5.87. The van der Waals surface area contributed by atoms with E-state index in [0.29, 0.717) is 29.1 Å². The number of nitrogens with zero attached hydrogens (tertiary/aromatic N) is 1. The molecular formula is C16H17ClF3N3O2. The van der Waals surface area contributed by atoms with Crippen LogP contribution < -0.4 is 10.6 Å². The van der Waals surface area contributed by atoms with Crippen LogP contribution in [0.25, 0.3) is 11.0 Å². The molecule has 0 radical (unpaired) electrons. The Morgan fingerprint density at radius 1 is 1.32 bits per heavy atom. The molecule has 1 saturated heterocycles. The number of halogens is 4. The summed E-state index contributed by atoms with van der Waals surface area (Å²) in [6, 6.07) is 4.57. The lowest BCUT2D eigenvalue weighted by Gasteiger charge is -2.35. The third-order valence-corrected chi connectivity index (χ3v) is 4.36. The molecule has 1 aromatic heterocycles. The van der Waals surface area contributed by atoms with E-state index in [4.69, 9.17) is 16.0 Å². The fourth-order valence-electron chi connectivity index (χ4n) is 2.85. The van der Waals surface area contributed by atoms with Gasteiger partial charge in [0.15, 0.2) is 5.76 Å². The summed E-state index contributed by atoms with van der Waals surface area (Å²) in [4.78, 5) is 13.5. The Bertz CT molecular complexity index is 757. The maximum absolute atomic E-state index is 13.3. The van der Waals surface area contributed by atoms with Crippen LogP contribution in [0, 0.1) is 0 Å². The molecule has 136 valence electrons. The number of piperazine rings is 1. The number of hydrogen-bond donors (Lipinski definition) is 2. The fraction of sp³-hybridized carbons (Fsp3) is 0.438. The Morgan fingerprint density at radius 2 is 2.04 bits per heavy atom. The molecule has 0 aliphatic carbocycles. The Labute approximate surface area is 147 Å². The highest BCUT2D eigenvalue weighted by Crippen LogP contribution is 2.26. The standard InChI is InChI=1S/C16H17ClF3N3O2/c17-11-1-2-12-10(7-11)8-13(25-12)15(24)22-9-14(16(18,19)20)23-5-3-21-4-6-23/h1-2,7-8,14,21H,3-6,9H2,(H,22,24). The van der Waals surface area contributed by atoms with Crippen molar-refractivity contribution in [1.82, 2.24) is 15.5 Å². The normalized spacial score (nSPS) is 17.6. The number of fused-ring (bicyclic) bond motifs is 1. The number of carbonyl (C=O) groups excluding carboxylic acids is 1. The first-order chi connectivity index (χ1) is 11.8. The van der Waals surface area contributed by atoms with Gasteiger partial charge in [-0.2, -0.15) is 13.2 Å². The monoisotopic (exact) mass is 375 g/mol. The topological polar surface area (TPSA) is 57.5 Å². The molecule has 1 unspecified atom stereocenters. The van der Waals surface area contributed by atoms with Crippen molar-refractivity contribution in [3.63, 3.8) is 0 Å². The molecule has 5 nitrogen and oxygen atoms in total. The average Bonchev–Trinajstić information content (AvgIpc) is 2.98. The van der Waals surface area contributed by atoms with Crippen molar-refractivity contribution < 1.29 is 22.4 Å². The first-order valence-corrected chi connectivity index (χ1v) is 8.21. The molecule has 0 bridgehead atoms.